The van der Waals surface area contributed by atoms with Gasteiger partial charge in [0.1, 0.15) is 0 Å². The van der Waals surface area contributed by atoms with Crippen LogP contribution in [0.4, 0.5) is 0 Å². The summed E-state index contributed by atoms with van der Waals surface area (Å²) in [6, 6.07) is 3.82. The summed E-state index contributed by atoms with van der Waals surface area (Å²) in [5.74, 6) is 7.78. The van der Waals surface area contributed by atoms with Gasteiger partial charge in [-0.2, -0.15) is 11.8 Å². The number of hydrogen-bond donors (Lipinski definition) is 2. The first-order chi connectivity index (χ1) is 7.63. The number of nitrogens with one attached hydrogen (secondary N) is 1. The van der Waals surface area contributed by atoms with E-state index in [1.165, 1.54) is 28.4 Å². The third-order valence-corrected chi connectivity index (χ3v) is 4.41. The number of nitrogen functional groups attached to an aromatic ring is 1. The first-order valence-corrected chi connectivity index (χ1v) is 7.28. The molecule has 0 aromatic carbocycles. The van der Waals surface area contributed by atoms with E-state index >= 15 is 0 Å². The minimum atomic E-state index is -0.205. The fourth-order valence-electron chi connectivity index (χ4n) is 1.14. The molecular weight excluding hydrogens is 240 g/mol. The number of hydrogen-bond acceptors (Lipinski definition) is 4. The molecule has 1 aromatic heterocycles. The molecular formula is C11H18N2OS2. The zero-order valence-electron chi connectivity index (χ0n) is 9.66. The number of amides is 1. The van der Waals surface area contributed by atoms with Gasteiger partial charge in [0.05, 0.1) is 4.88 Å². The molecule has 0 aliphatic carbocycles. The van der Waals surface area contributed by atoms with E-state index in [0.29, 0.717) is 4.88 Å². The van der Waals surface area contributed by atoms with Crippen molar-refractivity contribution in [3.8, 4) is 0 Å². The molecule has 5 heteroatoms. The molecule has 0 saturated heterocycles. The van der Waals surface area contributed by atoms with Gasteiger partial charge in [-0.05, 0) is 30.2 Å². The van der Waals surface area contributed by atoms with Crippen molar-refractivity contribution >= 4 is 29.0 Å². The molecule has 0 aliphatic heterocycles. The highest BCUT2D eigenvalue weighted by Gasteiger charge is 2.07. The molecule has 0 spiro atoms. The van der Waals surface area contributed by atoms with Crippen LogP contribution in [0.3, 0.4) is 0 Å². The monoisotopic (exact) mass is 258 g/mol. The van der Waals surface area contributed by atoms with E-state index in [9.17, 15) is 4.79 Å². The van der Waals surface area contributed by atoms with E-state index in [2.05, 4.69) is 19.3 Å². The van der Waals surface area contributed by atoms with Gasteiger partial charge in [-0.15, -0.1) is 11.3 Å². The van der Waals surface area contributed by atoms with E-state index in [0.717, 1.165) is 11.7 Å². The fraction of sp³-hybridized carbons (Fsp3) is 0.545. The lowest BCUT2D eigenvalue weighted by Crippen LogP contribution is -2.29. The van der Waals surface area contributed by atoms with Gasteiger partial charge >= 0.3 is 0 Å². The van der Waals surface area contributed by atoms with Gasteiger partial charge in [-0.25, -0.2) is 5.84 Å². The maximum atomic E-state index is 11.2. The number of thioether (sulfide) groups is 1. The van der Waals surface area contributed by atoms with E-state index in [1.807, 2.05) is 23.9 Å². The third kappa shape index (κ3) is 4.55. The van der Waals surface area contributed by atoms with Crippen LogP contribution in [-0.2, 0) is 5.75 Å². The van der Waals surface area contributed by atoms with Crippen molar-refractivity contribution in [2.75, 3.05) is 5.75 Å². The zero-order valence-corrected chi connectivity index (χ0v) is 11.3. The van der Waals surface area contributed by atoms with Crippen LogP contribution < -0.4 is 11.3 Å². The second kappa shape index (κ2) is 6.93. The molecule has 0 fully saturated rings. The van der Waals surface area contributed by atoms with Gasteiger partial charge in [-0.1, -0.05) is 13.8 Å². The van der Waals surface area contributed by atoms with Crippen LogP contribution in [0.2, 0.25) is 0 Å². The van der Waals surface area contributed by atoms with Crippen LogP contribution >= 0.6 is 23.1 Å². The maximum absolute atomic E-state index is 11.2. The number of thiophene rings is 1. The molecule has 90 valence electrons. The average molecular weight is 258 g/mol. The van der Waals surface area contributed by atoms with Gasteiger partial charge in [0.25, 0.3) is 5.91 Å². The molecule has 3 N–H and O–H groups in total. The van der Waals surface area contributed by atoms with Crippen molar-refractivity contribution in [1.82, 2.24) is 5.43 Å². The first kappa shape index (κ1) is 13.5. The van der Waals surface area contributed by atoms with Crippen LogP contribution in [0, 0.1) is 5.92 Å². The Bertz CT molecular complexity index is 336. The summed E-state index contributed by atoms with van der Waals surface area (Å²) in [5, 5.41) is 0. The quantitative estimate of drug-likeness (QED) is 0.357. The maximum Gasteiger partial charge on any atom is 0.275 e. The Morgan fingerprint density at radius 2 is 2.31 bits per heavy atom. The Morgan fingerprint density at radius 3 is 2.94 bits per heavy atom. The normalized spacial score (nSPS) is 10.8. The van der Waals surface area contributed by atoms with Crippen molar-refractivity contribution in [2.24, 2.45) is 11.8 Å². The van der Waals surface area contributed by atoms with Crippen LogP contribution in [0.1, 0.15) is 34.8 Å². The summed E-state index contributed by atoms with van der Waals surface area (Å²) in [6.07, 6.45) is 1.24. The highest BCUT2D eigenvalue weighted by molar-refractivity contribution is 7.98. The Morgan fingerprint density at radius 1 is 1.56 bits per heavy atom. The molecule has 1 rings (SSSR count). The lowest BCUT2D eigenvalue weighted by molar-refractivity contribution is 0.0957. The lowest BCUT2D eigenvalue weighted by Gasteiger charge is -2.02. The molecule has 0 aliphatic rings. The Labute approximate surface area is 105 Å². The molecule has 0 bridgehead atoms. The van der Waals surface area contributed by atoms with Gasteiger partial charge in [0.15, 0.2) is 0 Å². The first-order valence-electron chi connectivity index (χ1n) is 5.31. The minimum Gasteiger partial charge on any atom is -0.289 e. The predicted octanol–water partition coefficient (Wildman–Crippen LogP) is 2.63. The molecule has 0 unspecified atom stereocenters. The summed E-state index contributed by atoms with van der Waals surface area (Å²) in [5.41, 5.74) is 2.14. The smallest absolute Gasteiger partial charge is 0.275 e. The van der Waals surface area contributed by atoms with Crippen molar-refractivity contribution in [2.45, 2.75) is 26.0 Å². The van der Waals surface area contributed by atoms with E-state index in [-0.39, 0.29) is 5.91 Å². The number of hydrazine groups is 1. The van der Waals surface area contributed by atoms with Crippen molar-refractivity contribution in [1.29, 1.82) is 0 Å². The Balaban J connectivity index is 2.32. The minimum absolute atomic E-state index is 0.205. The highest BCUT2D eigenvalue weighted by Crippen LogP contribution is 2.22. The highest BCUT2D eigenvalue weighted by atomic mass is 32.2. The molecule has 1 amide bonds. The van der Waals surface area contributed by atoms with E-state index in [4.69, 9.17) is 5.84 Å². The van der Waals surface area contributed by atoms with Gasteiger partial charge < -0.3 is 0 Å². The number of rotatable bonds is 6. The zero-order chi connectivity index (χ0) is 12.0. The van der Waals surface area contributed by atoms with Crippen LogP contribution in [-0.4, -0.2) is 11.7 Å². The Kier molecular flexibility index (Phi) is 5.87. The SMILES string of the molecule is CC(C)CCSCc1ccc(C(=O)NN)s1. The topological polar surface area (TPSA) is 55.1 Å². The summed E-state index contributed by atoms with van der Waals surface area (Å²) >= 11 is 3.43. The van der Waals surface area contributed by atoms with Crippen LogP contribution in [0.25, 0.3) is 0 Å². The Hall–Kier alpha value is -0.520. The molecule has 1 aromatic rings. The summed E-state index contributed by atoms with van der Waals surface area (Å²) in [6.45, 7) is 4.46. The molecule has 0 atom stereocenters. The van der Waals surface area contributed by atoms with Crippen LogP contribution in [0.15, 0.2) is 12.1 Å². The van der Waals surface area contributed by atoms with Gasteiger partial charge in [0.2, 0.25) is 0 Å². The molecule has 0 radical (unpaired) electrons. The van der Waals surface area contributed by atoms with Crippen molar-refractivity contribution in [3.05, 3.63) is 21.9 Å². The standard InChI is InChI=1S/C11H18N2OS2/c1-8(2)5-6-15-7-9-3-4-10(16-9)11(14)13-12/h3-4,8H,5-7,12H2,1-2H3,(H,13,14). The molecule has 3 nitrogen and oxygen atoms in total. The largest absolute Gasteiger partial charge is 0.289 e. The van der Waals surface area contributed by atoms with Crippen molar-refractivity contribution in [3.63, 3.8) is 0 Å². The summed E-state index contributed by atoms with van der Waals surface area (Å²) in [7, 11) is 0. The average Bonchev–Trinajstić information content (AvgIpc) is 2.71. The molecule has 16 heavy (non-hydrogen) atoms. The number of carbonyl (C=O) groups is 1. The second-order valence-electron chi connectivity index (χ2n) is 3.97. The number of nitrogens with two attached hydrogens (primary N) is 1. The third-order valence-electron chi connectivity index (χ3n) is 2.10. The van der Waals surface area contributed by atoms with Gasteiger partial charge in [-0.3, -0.25) is 10.2 Å². The second-order valence-corrected chi connectivity index (χ2v) is 6.25. The fourth-order valence-corrected chi connectivity index (χ4v) is 3.41. The lowest BCUT2D eigenvalue weighted by atomic mass is 10.2. The molecule has 0 saturated carbocycles. The van der Waals surface area contributed by atoms with Crippen molar-refractivity contribution < 1.29 is 4.79 Å². The van der Waals surface area contributed by atoms with Crippen LogP contribution in [0.5, 0.6) is 0 Å². The predicted molar refractivity (Wildman–Crippen MR) is 71.6 cm³/mol. The summed E-state index contributed by atoms with van der Waals surface area (Å²) in [4.78, 5) is 13.1. The molecule has 1 heterocycles. The summed E-state index contributed by atoms with van der Waals surface area (Å²) < 4.78 is 0. The van der Waals surface area contributed by atoms with Gasteiger partial charge in [0, 0.05) is 10.6 Å². The van der Waals surface area contributed by atoms with E-state index in [1.54, 1.807) is 0 Å². The number of carbonyl (C=O) groups excluding carboxylic acids is 1. The van der Waals surface area contributed by atoms with E-state index < -0.39 is 0 Å².